The molecule has 0 bridgehead atoms. The van der Waals surface area contributed by atoms with Crippen LogP contribution in [0.4, 0.5) is 11.4 Å². The third kappa shape index (κ3) is 4.32. The molecule has 0 saturated heterocycles. The minimum Gasteiger partial charge on any atom is -0.372 e. The highest BCUT2D eigenvalue weighted by molar-refractivity contribution is 6.13. The van der Waals surface area contributed by atoms with E-state index >= 15 is 0 Å². The fourth-order valence-corrected chi connectivity index (χ4v) is 3.15. The zero-order chi connectivity index (χ0) is 18.2. The van der Waals surface area contributed by atoms with Crippen LogP contribution in [0.25, 0.3) is 0 Å². The van der Waals surface area contributed by atoms with Crippen molar-refractivity contribution < 1.29 is 0 Å². The summed E-state index contributed by atoms with van der Waals surface area (Å²) in [6, 6.07) is 16.9. The Labute approximate surface area is 151 Å². The molecule has 0 aromatic heterocycles. The second-order valence-electron chi connectivity index (χ2n) is 5.92. The van der Waals surface area contributed by atoms with Crippen molar-refractivity contribution in [1.29, 1.82) is 0 Å². The van der Waals surface area contributed by atoms with Crippen LogP contribution in [0.3, 0.4) is 0 Å². The molecule has 0 atom stereocenters. The minimum atomic E-state index is 0.817. The number of nitrogens with zero attached hydrogens (tertiary/aromatic N) is 3. The number of nitrogens with two attached hydrogens (primary N) is 1. The largest absolute Gasteiger partial charge is 0.372 e. The molecule has 0 aliphatic carbocycles. The summed E-state index contributed by atoms with van der Waals surface area (Å²) in [4.78, 5) is 4.64. The molecule has 2 aromatic rings. The van der Waals surface area contributed by atoms with E-state index in [1.54, 1.807) is 0 Å². The highest BCUT2D eigenvalue weighted by Crippen LogP contribution is 2.20. The van der Waals surface area contributed by atoms with Gasteiger partial charge >= 0.3 is 0 Å². The molecule has 0 spiro atoms. The molecule has 4 heteroatoms. The second kappa shape index (κ2) is 9.11. The van der Waals surface area contributed by atoms with E-state index in [1.807, 2.05) is 0 Å². The molecule has 2 aromatic carbocycles. The summed E-state index contributed by atoms with van der Waals surface area (Å²) < 4.78 is 0. The van der Waals surface area contributed by atoms with Gasteiger partial charge in [-0.3, -0.25) is 0 Å². The smallest absolute Gasteiger partial charge is 0.0971 e. The van der Waals surface area contributed by atoms with Gasteiger partial charge in [0.15, 0.2) is 0 Å². The first kappa shape index (κ1) is 18.8. The molecule has 0 heterocycles. The number of anilines is 2. The average Bonchev–Trinajstić information content (AvgIpc) is 2.67. The summed E-state index contributed by atoms with van der Waals surface area (Å²) in [7, 11) is 0. The van der Waals surface area contributed by atoms with Gasteiger partial charge < -0.3 is 15.6 Å². The third-order valence-electron chi connectivity index (χ3n) is 4.67. The number of hydrogen-bond acceptors (Lipinski definition) is 4. The molecule has 0 aliphatic heterocycles. The van der Waals surface area contributed by atoms with E-state index < -0.39 is 0 Å². The van der Waals surface area contributed by atoms with Crippen molar-refractivity contribution in [2.45, 2.75) is 27.7 Å². The van der Waals surface area contributed by atoms with E-state index in [2.05, 4.69) is 91.1 Å². The summed E-state index contributed by atoms with van der Waals surface area (Å²) in [6.45, 7) is 12.7. The van der Waals surface area contributed by atoms with Crippen LogP contribution in [0.2, 0.25) is 0 Å². The SMILES string of the molecule is CCN(CC)c1ccc(C(=NN)c2ccc(N(CC)CC)cc2)cc1. The van der Waals surface area contributed by atoms with Gasteiger partial charge in [0.2, 0.25) is 0 Å². The Bertz CT molecular complexity index is 609. The van der Waals surface area contributed by atoms with E-state index in [0.717, 1.165) is 43.0 Å². The van der Waals surface area contributed by atoms with Crippen LogP contribution in [0, 0.1) is 0 Å². The maximum atomic E-state index is 5.70. The standard InChI is InChI=1S/C21H30N4/c1-5-24(6-2)19-13-9-17(10-14-19)21(23-22)18-11-15-20(16-12-18)25(7-3)8-4/h9-16H,5-8,22H2,1-4H3. The molecular formula is C21H30N4. The molecule has 0 unspecified atom stereocenters. The highest BCUT2D eigenvalue weighted by Gasteiger charge is 2.09. The molecular weight excluding hydrogens is 308 g/mol. The first-order chi connectivity index (χ1) is 12.2. The lowest BCUT2D eigenvalue weighted by molar-refractivity contribution is 0.866. The first-order valence-corrected chi connectivity index (χ1v) is 9.17. The zero-order valence-corrected chi connectivity index (χ0v) is 15.9. The van der Waals surface area contributed by atoms with Crippen LogP contribution < -0.4 is 15.6 Å². The zero-order valence-electron chi connectivity index (χ0n) is 15.9. The molecule has 4 nitrogen and oxygen atoms in total. The van der Waals surface area contributed by atoms with Crippen LogP contribution in [0.15, 0.2) is 53.6 Å². The van der Waals surface area contributed by atoms with Gasteiger partial charge in [0.1, 0.15) is 0 Å². The molecule has 2 rings (SSSR count). The maximum absolute atomic E-state index is 5.70. The Morgan fingerprint density at radius 2 is 1.00 bits per heavy atom. The van der Waals surface area contributed by atoms with Gasteiger partial charge in [-0.05, 0) is 52.0 Å². The van der Waals surface area contributed by atoms with Gasteiger partial charge in [-0.2, -0.15) is 5.10 Å². The maximum Gasteiger partial charge on any atom is 0.0971 e. The Balaban J connectivity index is 2.25. The topological polar surface area (TPSA) is 44.9 Å². The van der Waals surface area contributed by atoms with Crippen LogP contribution in [0.5, 0.6) is 0 Å². The number of benzene rings is 2. The lowest BCUT2D eigenvalue weighted by atomic mass is 10.0. The molecule has 0 fully saturated rings. The van der Waals surface area contributed by atoms with Gasteiger partial charge in [-0.25, -0.2) is 0 Å². The van der Waals surface area contributed by atoms with Gasteiger partial charge in [-0.15, -0.1) is 0 Å². The summed E-state index contributed by atoms with van der Waals surface area (Å²) in [5.41, 5.74) is 5.34. The molecule has 25 heavy (non-hydrogen) atoms. The predicted molar refractivity (Wildman–Crippen MR) is 110 cm³/mol. The molecule has 134 valence electrons. The Hall–Kier alpha value is -2.49. The van der Waals surface area contributed by atoms with Crippen molar-refractivity contribution in [2.24, 2.45) is 10.9 Å². The number of rotatable bonds is 8. The Morgan fingerprint density at radius 3 is 1.24 bits per heavy atom. The summed E-state index contributed by atoms with van der Waals surface area (Å²) in [6.07, 6.45) is 0. The molecule has 0 amide bonds. The minimum absolute atomic E-state index is 0.817. The van der Waals surface area contributed by atoms with Crippen molar-refractivity contribution in [2.75, 3.05) is 36.0 Å². The van der Waals surface area contributed by atoms with Crippen LogP contribution >= 0.6 is 0 Å². The van der Waals surface area contributed by atoms with Gasteiger partial charge in [0.25, 0.3) is 0 Å². The third-order valence-corrected chi connectivity index (χ3v) is 4.67. The monoisotopic (exact) mass is 338 g/mol. The molecule has 0 saturated carbocycles. The van der Waals surface area contributed by atoms with E-state index in [-0.39, 0.29) is 0 Å². The van der Waals surface area contributed by atoms with E-state index in [9.17, 15) is 0 Å². The Morgan fingerprint density at radius 1 is 0.680 bits per heavy atom. The quantitative estimate of drug-likeness (QED) is 0.448. The van der Waals surface area contributed by atoms with Gasteiger partial charge in [-0.1, -0.05) is 24.3 Å². The van der Waals surface area contributed by atoms with Crippen LogP contribution in [0.1, 0.15) is 38.8 Å². The van der Waals surface area contributed by atoms with Crippen molar-refractivity contribution in [3.8, 4) is 0 Å². The van der Waals surface area contributed by atoms with Crippen molar-refractivity contribution in [3.63, 3.8) is 0 Å². The summed E-state index contributed by atoms with van der Waals surface area (Å²) >= 11 is 0. The second-order valence-corrected chi connectivity index (χ2v) is 5.92. The van der Waals surface area contributed by atoms with Crippen molar-refractivity contribution >= 4 is 17.1 Å². The van der Waals surface area contributed by atoms with E-state index in [0.29, 0.717) is 0 Å². The van der Waals surface area contributed by atoms with Crippen molar-refractivity contribution in [1.82, 2.24) is 0 Å². The molecule has 0 radical (unpaired) electrons. The lowest BCUT2D eigenvalue weighted by Gasteiger charge is -2.22. The van der Waals surface area contributed by atoms with Gasteiger partial charge in [0.05, 0.1) is 5.71 Å². The molecule has 0 aliphatic rings. The Kier molecular flexibility index (Phi) is 6.87. The van der Waals surface area contributed by atoms with Crippen LogP contribution in [-0.2, 0) is 0 Å². The fourth-order valence-electron chi connectivity index (χ4n) is 3.15. The van der Waals surface area contributed by atoms with E-state index in [4.69, 9.17) is 5.84 Å². The number of hydrogen-bond donors (Lipinski definition) is 1. The van der Waals surface area contributed by atoms with Gasteiger partial charge in [0, 0.05) is 48.7 Å². The summed E-state index contributed by atoms with van der Waals surface area (Å²) in [5.74, 6) is 5.70. The van der Waals surface area contributed by atoms with Crippen LogP contribution in [-0.4, -0.2) is 31.9 Å². The van der Waals surface area contributed by atoms with Crippen molar-refractivity contribution in [3.05, 3.63) is 59.7 Å². The lowest BCUT2D eigenvalue weighted by Crippen LogP contribution is -2.22. The average molecular weight is 338 g/mol. The fraction of sp³-hybridized carbons (Fsp3) is 0.381. The van der Waals surface area contributed by atoms with E-state index in [1.165, 1.54) is 11.4 Å². The highest BCUT2D eigenvalue weighted by atomic mass is 15.1. The number of hydrazone groups is 1. The normalized spacial score (nSPS) is 10.4. The first-order valence-electron chi connectivity index (χ1n) is 9.17. The molecule has 2 N–H and O–H groups in total. The predicted octanol–water partition coefficient (Wildman–Crippen LogP) is 4.09. The summed E-state index contributed by atoms with van der Waals surface area (Å²) in [5, 5.41) is 4.05.